The number of hydrogen-bond acceptors (Lipinski definition) is 13. The highest BCUT2D eigenvalue weighted by atomic mass is 35.5. The maximum absolute atomic E-state index is 13.2. The molecule has 0 aromatic rings. The van der Waals surface area contributed by atoms with Crippen molar-refractivity contribution in [2.45, 2.75) is 107 Å². The summed E-state index contributed by atoms with van der Waals surface area (Å²) in [5.41, 5.74) is -4.57. The summed E-state index contributed by atoms with van der Waals surface area (Å²) in [7, 11) is 0. The molecule has 2 bridgehead atoms. The molecule has 13 atom stereocenters. The van der Waals surface area contributed by atoms with Gasteiger partial charge in [-0.15, -0.1) is 11.6 Å². The van der Waals surface area contributed by atoms with Gasteiger partial charge < -0.3 is 38.3 Å². The van der Waals surface area contributed by atoms with E-state index < -0.39 is 106 Å². The van der Waals surface area contributed by atoms with E-state index in [4.69, 9.17) is 44.8 Å². The fraction of sp³-hybridized carbons (Fsp3) is 0.750. The van der Waals surface area contributed by atoms with Crippen LogP contribution in [-0.4, -0.2) is 101 Å². The molecule has 1 N–H and O–H groups in total. The zero-order chi connectivity index (χ0) is 31.1. The van der Waals surface area contributed by atoms with Crippen molar-refractivity contribution in [2.24, 2.45) is 17.3 Å². The Morgan fingerprint density at radius 3 is 2.05 bits per heavy atom. The minimum absolute atomic E-state index is 0.0160. The van der Waals surface area contributed by atoms with E-state index in [0.29, 0.717) is 0 Å². The van der Waals surface area contributed by atoms with Gasteiger partial charge in [0, 0.05) is 45.4 Å². The average molecular weight is 615 g/mol. The lowest BCUT2D eigenvalue weighted by Gasteiger charge is -2.62. The number of aliphatic hydroxyl groups excluding tert-OH is 1. The van der Waals surface area contributed by atoms with E-state index in [1.165, 1.54) is 20.8 Å². The van der Waals surface area contributed by atoms with Gasteiger partial charge in [-0.2, -0.15) is 0 Å². The minimum Gasteiger partial charge on any atom is -0.459 e. The lowest BCUT2D eigenvalue weighted by molar-refractivity contribution is -0.315. The van der Waals surface area contributed by atoms with E-state index in [9.17, 15) is 29.1 Å². The molecule has 4 aliphatic heterocycles. The van der Waals surface area contributed by atoms with Crippen molar-refractivity contribution in [1.82, 2.24) is 0 Å². The van der Waals surface area contributed by atoms with Crippen LogP contribution in [0.15, 0.2) is 12.2 Å². The first-order valence-corrected chi connectivity index (χ1v) is 14.2. The fourth-order valence-corrected chi connectivity index (χ4v) is 8.18. The van der Waals surface area contributed by atoms with Crippen LogP contribution in [-0.2, 0) is 57.1 Å². The maximum atomic E-state index is 13.2. The molecule has 1 saturated carbocycles. The highest BCUT2D eigenvalue weighted by Gasteiger charge is 2.81. The number of rotatable bonds is 4. The molecule has 5 rings (SSSR count). The number of alkyl halides is 1. The largest absolute Gasteiger partial charge is 0.459 e. The zero-order valence-corrected chi connectivity index (χ0v) is 24.9. The normalized spacial score (nSPS) is 47.1. The monoisotopic (exact) mass is 614 g/mol. The molecule has 14 heteroatoms. The fourth-order valence-electron chi connectivity index (χ4n) is 7.81. The first-order chi connectivity index (χ1) is 19.5. The van der Waals surface area contributed by atoms with Crippen LogP contribution in [0.5, 0.6) is 0 Å². The van der Waals surface area contributed by atoms with Crippen molar-refractivity contribution < 1.29 is 62.2 Å². The molecule has 0 aromatic carbocycles. The second-order valence-corrected chi connectivity index (χ2v) is 12.5. The van der Waals surface area contributed by atoms with Gasteiger partial charge in [0.05, 0.1) is 17.9 Å². The van der Waals surface area contributed by atoms with Crippen molar-refractivity contribution in [1.29, 1.82) is 0 Å². The highest BCUT2D eigenvalue weighted by Crippen LogP contribution is 2.65. The number of esters is 5. The van der Waals surface area contributed by atoms with Crippen molar-refractivity contribution in [3.05, 3.63) is 12.2 Å². The molecule has 0 amide bonds. The maximum Gasteiger partial charge on any atom is 0.312 e. The van der Waals surface area contributed by atoms with Gasteiger partial charge >= 0.3 is 29.8 Å². The number of fused-ring (bicyclic) bond motifs is 3. The van der Waals surface area contributed by atoms with Crippen LogP contribution in [0.2, 0.25) is 0 Å². The van der Waals surface area contributed by atoms with Gasteiger partial charge in [0.25, 0.3) is 0 Å². The summed E-state index contributed by atoms with van der Waals surface area (Å²) >= 11 is 6.87. The molecule has 5 aliphatic rings. The lowest BCUT2D eigenvalue weighted by Crippen LogP contribution is -2.78. The van der Waals surface area contributed by atoms with E-state index in [1.807, 2.05) is 0 Å². The summed E-state index contributed by atoms with van der Waals surface area (Å²) in [6.07, 6.45) is -9.62. The number of carbonyl (C=O) groups is 5. The topological polar surface area (TPSA) is 173 Å². The molecule has 13 nitrogen and oxygen atoms in total. The number of hydrogen-bond donors (Lipinski definition) is 1. The van der Waals surface area contributed by atoms with Crippen LogP contribution >= 0.6 is 11.6 Å². The molecular formula is C28H35ClO13. The zero-order valence-electron chi connectivity index (χ0n) is 24.1. The van der Waals surface area contributed by atoms with Crippen LogP contribution < -0.4 is 0 Å². The Morgan fingerprint density at radius 2 is 1.52 bits per heavy atom. The second-order valence-electron chi connectivity index (χ2n) is 12.1. The molecule has 0 radical (unpaired) electrons. The average Bonchev–Trinajstić information content (AvgIpc) is 3.59. The van der Waals surface area contributed by atoms with Gasteiger partial charge in [0.1, 0.15) is 36.1 Å². The van der Waals surface area contributed by atoms with Crippen LogP contribution in [0.3, 0.4) is 0 Å². The number of ether oxygens (including phenoxy) is 7. The Morgan fingerprint density at radius 1 is 0.976 bits per heavy atom. The summed E-state index contributed by atoms with van der Waals surface area (Å²) in [6, 6.07) is 0. The quantitative estimate of drug-likeness (QED) is 0.155. The van der Waals surface area contributed by atoms with E-state index in [1.54, 1.807) is 6.92 Å². The SMILES string of the molecule is C=C1C(Cl)C2OC(=O)C(C)C23OC1C(OC(C)=O)C(O)C1(C)C(OC(C)=O)C(OC(C)=O)CC2(CO2)C1C3OC(C)=O. The molecule has 13 unspecified atom stereocenters. The Bertz CT molecular complexity index is 1230. The summed E-state index contributed by atoms with van der Waals surface area (Å²) in [6.45, 7) is 11.8. The Labute approximate surface area is 247 Å². The molecule has 4 saturated heterocycles. The van der Waals surface area contributed by atoms with Crippen LogP contribution in [0.1, 0.15) is 48.0 Å². The predicted octanol–water partition coefficient (Wildman–Crippen LogP) is 0.746. The summed E-state index contributed by atoms with van der Waals surface area (Å²) in [5, 5.41) is 11.2. The molecule has 4 heterocycles. The second kappa shape index (κ2) is 10.2. The Kier molecular flexibility index (Phi) is 7.44. The molecule has 2 spiro atoms. The van der Waals surface area contributed by atoms with Crippen molar-refractivity contribution in [3.8, 4) is 0 Å². The molecule has 0 aromatic heterocycles. The third-order valence-corrected chi connectivity index (χ3v) is 9.99. The summed E-state index contributed by atoms with van der Waals surface area (Å²) in [4.78, 5) is 63.2. The van der Waals surface area contributed by atoms with E-state index >= 15 is 0 Å². The molecule has 5 fully saturated rings. The third kappa shape index (κ3) is 4.34. The van der Waals surface area contributed by atoms with Crippen molar-refractivity contribution in [3.63, 3.8) is 0 Å². The molecule has 42 heavy (non-hydrogen) atoms. The van der Waals surface area contributed by atoms with Crippen molar-refractivity contribution >= 4 is 41.4 Å². The van der Waals surface area contributed by atoms with E-state index in [0.717, 1.165) is 13.8 Å². The summed E-state index contributed by atoms with van der Waals surface area (Å²) in [5.74, 6) is -5.80. The van der Waals surface area contributed by atoms with Gasteiger partial charge in [0.2, 0.25) is 0 Å². The first-order valence-electron chi connectivity index (χ1n) is 13.7. The smallest absolute Gasteiger partial charge is 0.312 e. The number of carbonyl (C=O) groups excluding carboxylic acids is 5. The predicted molar refractivity (Wildman–Crippen MR) is 139 cm³/mol. The standard InChI is InChI=1S/C28H35ClO13/c1-10-17(29)23-28(11(2)25(35)41-23)24(40-15(6)33)20-26(7,21(34)19(18(10)42-28)38-13(4)31)22(39-14(5)32)16(37-12(3)30)8-27(20)9-36-27/h11,16-24,34H,1,8-9H2,2-7H3. The van der Waals surface area contributed by atoms with Gasteiger partial charge in [-0.25, -0.2) is 0 Å². The number of halogens is 1. The van der Waals surface area contributed by atoms with E-state index in [-0.39, 0.29) is 18.6 Å². The number of epoxide rings is 1. The number of aliphatic hydroxyl groups is 1. The molecular weight excluding hydrogens is 580 g/mol. The van der Waals surface area contributed by atoms with Gasteiger partial charge in [-0.3, -0.25) is 24.0 Å². The Hall–Kier alpha value is -2.74. The highest BCUT2D eigenvalue weighted by molar-refractivity contribution is 6.23. The Balaban J connectivity index is 1.84. The molecule has 1 aliphatic carbocycles. The van der Waals surface area contributed by atoms with Gasteiger partial charge in [0.15, 0.2) is 17.8 Å². The minimum atomic E-state index is -1.78. The van der Waals surface area contributed by atoms with Crippen LogP contribution in [0.4, 0.5) is 0 Å². The van der Waals surface area contributed by atoms with Gasteiger partial charge in [-0.1, -0.05) is 13.5 Å². The summed E-state index contributed by atoms with van der Waals surface area (Å²) < 4.78 is 41.5. The van der Waals surface area contributed by atoms with Crippen molar-refractivity contribution in [2.75, 3.05) is 6.61 Å². The molecule has 232 valence electrons. The van der Waals surface area contributed by atoms with Gasteiger partial charge in [-0.05, 0) is 12.5 Å². The first kappa shape index (κ1) is 30.7. The van der Waals surface area contributed by atoms with Crippen LogP contribution in [0.25, 0.3) is 0 Å². The third-order valence-electron chi connectivity index (χ3n) is 9.48. The lowest BCUT2D eigenvalue weighted by atomic mass is 9.50. The van der Waals surface area contributed by atoms with Crippen LogP contribution in [0, 0.1) is 17.3 Å². The van der Waals surface area contributed by atoms with E-state index in [2.05, 4.69) is 6.58 Å².